The van der Waals surface area contributed by atoms with Gasteiger partial charge in [-0.2, -0.15) is 0 Å². The predicted octanol–water partition coefficient (Wildman–Crippen LogP) is 2.61. The Bertz CT molecular complexity index is 719. The Labute approximate surface area is 115 Å². The zero-order chi connectivity index (χ0) is 14.2. The van der Waals surface area contributed by atoms with Gasteiger partial charge in [-0.25, -0.2) is 0 Å². The van der Waals surface area contributed by atoms with Crippen LogP contribution in [0.3, 0.4) is 0 Å². The summed E-state index contributed by atoms with van der Waals surface area (Å²) in [7, 11) is 0. The van der Waals surface area contributed by atoms with Crippen molar-refractivity contribution in [3.05, 3.63) is 44.7 Å². The van der Waals surface area contributed by atoms with E-state index in [1.54, 1.807) is 6.07 Å². The summed E-state index contributed by atoms with van der Waals surface area (Å²) in [5.74, 6) is -0.958. The Morgan fingerprint density at radius 1 is 1.42 bits per heavy atom. The van der Waals surface area contributed by atoms with E-state index < -0.39 is 5.97 Å². The molecule has 4 nitrogen and oxygen atoms in total. The van der Waals surface area contributed by atoms with Crippen molar-refractivity contribution in [1.82, 2.24) is 4.57 Å². The van der Waals surface area contributed by atoms with Gasteiger partial charge in [0.15, 0.2) is 5.43 Å². The number of halogens is 1. The summed E-state index contributed by atoms with van der Waals surface area (Å²) in [5.41, 5.74) is 1.90. The molecule has 100 valence electrons. The van der Waals surface area contributed by atoms with E-state index >= 15 is 0 Å². The fourth-order valence-corrected chi connectivity index (χ4v) is 2.61. The molecular formula is C14H14ClNO3. The Hall–Kier alpha value is -1.81. The van der Waals surface area contributed by atoms with Crippen molar-refractivity contribution in [3.8, 4) is 0 Å². The average Bonchev–Trinajstić information content (AvgIpc) is 2.33. The van der Waals surface area contributed by atoms with Crippen molar-refractivity contribution in [2.24, 2.45) is 0 Å². The lowest BCUT2D eigenvalue weighted by Crippen LogP contribution is -2.17. The summed E-state index contributed by atoms with van der Waals surface area (Å²) in [6.07, 6.45) is -0.176. The molecule has 0 fully saturated rings. The Balaban J connectivity index is 2.93. The molecule has 5 heteroatoms. The second-order valence-electron chi connectivity index (χ2n) is 4.40. The van der Waals surface area contributed by atoms with Gasteiger partial charge in [0, 0.05) is 18.3 Å². The number of aromatic nitrogens is 1. The summed E-state index contributed by atoms with van der Waals surface area (Å²) in [6, 6.07) is 4.89. The molecule has 1 heterocycles. The van der Waals surface area contributed by atoms with Gasteiger partial charge in [0.2, 0.25) is 0 Å². The van der Waals surface area contributed by atoms with Crippen LogP contribution in [-0.2, 0) is 17.8 Å². The molecule has 0 aliphatic rings. The van der Waals surface area contributed by atoms with Gasteiger partial charge in [-0.1, -0.05) is 17.7 Å². The molecular weight excluding hydrogens is 266 g/mol. The molecule has 0 atom stereocenters. The minimum absolute atomic E-state index is 0.176. The molecule has 0 saturated heterocycles. The van der Waals surface area contributed by atoms with Crippen LogP contribution in [0.25, 0.3) is 10.9 Å². The normalized spacial score (nSPS) is 10.9. The number of hydrogen-bond acceptors (Lipinski definition) is 2. The maximum atomic E-state index is 12.1. The van der Waals surface area contributed by atoms with Gasteiger partial charge in [0.25, 0.3) is 0 Å². The third kappa shape index (κ3) is 2.36. The third-order valence-corrected chi connectivity index (χ3v) is 3.45. The lowest BCUT2D eigenvalue weighted by molar-refractivity contribution is -0.136. The van der Waals surface area contributed by atoms with Gasteiger partial charge >= 0.3 is 5.97 Å². The number of nitrogens with zero attached hydrogens (tertiary/aromatic N) is 1. The van der Waals surface area contributed by atoms with Crippen molar-refractivity contribution < 1.29 is 9.90 Å². The van der Waals surface area contributed by atoms with E-state index in [0.29, 0.717) is 22.6 Å². The number of fused-ring (bicyclic) bond motifs is 1. The highest BCUT2D eigenvalue weighted by molar-refractivity contribution is 6.35. The lowest BCUT2D eigenvalue weighted by atomic mass is 10.1. The number of carbonyl (C=O) groups is 1. The van der Waals surface area contributed by atoms with Crippen molar-refractivity contribution in [3.63, 3.8) is 0 Å². The van der Waals surface area contributed by atoms with Crippen molar-refractivity contribution >= 4 is 28.5 Å². The van der Waals surface area contributed by atoms with Crippen molar-refractivity contribution in [1.29, 1.82) is 0 Å². The maximum absolute atomic E-state index is 12.1. The molecule has 1 aromatic carbocycles. The van der Waals surface area contributed by atoms with E-state index in [1.807, 2.05) is 24.5 Å². The Kier molecular flexibility index (Phi) is 3.62. The lowest BCUT2D eigenvalue weighted by Gasteiger charge is -2.16. The van der Waals surface area contributed by atoms with Gasteiger partial charge in [-0.15, -0.1) is 0 Å². The fourth-order valence-electron chi connectivity index (χ4n) is 2.36. The molecule has 1 aromatic heterocycles. The van der Waals surface area contributed by atoms with Crippen molar-refractivity contribution in [2.45, 2.75) is 26.8 Å². The van der Waals surface area contributed by atoms with Crippen LogP contribution in [0, 0.1) is 6.92 Å². The number of pyridine rings is 1. The van der Waals surface area contributed by atoms with Crippen LogP contribution in [0.2, 0.25) is 5.02 Å². The molecule has 19 heavy (non-hydrogen) atoms. The van der Waals surface area contributed by atoms with Crippen LogP contribution in [-0.4, -0.2) is 15.6 Å². The topological polar surface area (TPSA) is 59.3 Å². The molecule has 2 aromatic rings. The maximum Gasteiger partial charge on any atom is 0.309 e. The number of aryl methyl sites for hydroxylation is 2. The number of rotatable bonds is 3. The first-order valence-corrected chi connectivity index (χ1v) is 6.36. The summed E-state index contributed by atoms with van der Waals surface area (Å²) in [6.45, 7) is 4.38. The predicted molar refractivity (Wildman–Crippen MR) is 75.0 cm³/mol. The summed E-state index contributed by atoms with van der Waals surface area (Å²) in [4.78, 5) is 23.0. The molecule has 0 unspecified atom stereocenters. The van der Waals surface area contributed by atoms with Gasteiger partial charge in [0.05, 0.1) is 22.3 Å². The molecule has 0 bridgehead atoms. The SMILES string of the molecule is CCn1c(CC(=O)O)cc(=O)c2c(Cl)ccc(C)c21. The molecule has 2 rings (SSSR count). The van der Waals surface area contributed by atoms with Gasteiger partial charge in [0.1, 0.15) is 0 Å². The minimum atomic E-state index is -0.958. The van der Waals surface area contributed by atoms with E-state index in [0.717, 1.165) is 11.1 Å². The highest BCUT2D eigenvalue weighted by atomic mass is 35.5. The highest BCUT2D eigenvalue weighted by Crippen LogP contribution is 2.24. The molecule has 0 amide bonds. The van der Waals surface area contributed by atoms with Gasteiger partial charge in [-0.3, -0.25) is 9.59 Å². The van der Waals surface area contributed by atoms with E-state index in [9.17, 15) is 9.59 Å². The zero-order valence-electron chi connectivity index (χ0n) is 10.7. The smallest absolute Gasteiger partial charge is 0.309 e. The van der Waals surface area contributed by atoms with Crippen LogP contribution in [0.4, 0.5) is 0 Å². The number of carboxylic acid groups (broad SMARTS) is 1. The first-order chi connectivity index (χ1) is 8.95. The first kappa shape index (κ1) is 13.6. The number of aliphatic carboxylic acids is 1. The van der Waals surface area contributed by atoms with E-state index in [2.05, 4.69) is 0 Å². The Morgan fingerprint density at radius 2 is 2.11 bits per heavy atom. The van der Waals surface area contributed by atoms with Crippen molar-refractivity contribution in [2.75, 3.05) is 0 Å². The van der Waals surface area contributed by atoms with E-state index in [4.69, 9.17) is 16.7 Å². The molecule has 0 aliphatic carbocycles. The summed E-state index contributed by atoms with van der Waals surface area (Å²) < 4.78 is 1.84. The first-order valence-electron chi connectivity index (χ1n) is 5.99. The zero-order valence-corrected chi connectivity index (χ0v) is 11.5. The average molecular weight is 280 g/mol. The molecule has 1 N–H and O–H groups in total. The van der Waals surface area contributed by atoms with Crippen LogP contribution in [0.15, 0.2) is 23.0 Å². The van der Waals surface area contributed by atoms with Crippen LogP contribution in [0.5, 0.6) is 0 Å². The molecule has 0 aliphatic heterocycles. The number of benzene rings is 1. The Morgan fingerprint density at radius 3 is 2.68 bits per heavy atom. The van der Waals surface area contributed by atoms with Gasteiger partial charge < -0.3 is 9.67 Å². The van der Waals surface area contributed by atoms with Gasteiger partial charge in [-0.05, 0) is 25.5 Å². The minimum Gasteiger partial charge on any atom is -0.481 e. The monoisotopic (exact) mass is 279 g/mol. The van der Waals surface area contributed by atoms with E-state index in [-0.39, 0.29) is 11.8 Å². The summed E-state index contributed by atoms with van der Waals surface area (Å²) >= 11 is 6.09. The molecule has 0 spiro atoms. The standard InChI is InChI=1S/C14H14ClNO3/c1-3-16-9(7-12(18)19)6-11(17)13-10(15)5-4-8(2)14(13)16/h4-6H,3,7H2,1-2H3,(H,18,19). The third-order valence-electron chi connectivity index (χ3n) is 3.14. The number of carboxylic acids is 1. The second-order valence-corrected chi connectivity index (χ2v) is 4.81. The second kappa shape index (κ2) is 5.05. The molecule has 0 saturated carbocycles. The quantitative estimate of drug-likeness (QED) is 0.939. The molecule has 0 radical (unpaired) electrons. The van der Waals surface area contributed by atoms with Crippen LogP contribution < -0.4 is 5.43 Å². The summed E-state index contributed by atoms with van der Waals surface area (Å²) in [5, 5.41) is 9.79. The fraction of sp³-hybridized carbons (Fsp3) is 0.286. The number of hydrogen-bond donors (Lipinski definition) is 1. The largest absolute Gasteiger partial charge is 0.481 e. The van der Waals surface area contributed by atoms with E-state index in [1.165, 1.54) is 6.07 Å². The van der Waals surface area contributed by atoms with Crippen LogP contribution in [0.1, 0.15) is 18.2 Å². The van der Waals surface area contributed by atoms with Crippen LogP contribution >= 0.6 is 11.6 Å². The highest BCUT2D eigenvalue weighted by Gasteiger charge is 2.14.